The van der Waals surface area contributed by atoms with Crippen LogP contribution in [-0.4, -0.2) is 39.9 Å². The Labute approximate surface area is 128 Å². The average molecular weight is 304 g/mol. The summed E-state index contributed by atoms with van der Waals surface area (Å²) in [7, 11) is 0. The van der Waals surface area contributed by atoms with Crippen LogP contribution >= 0.6 is 11.3 Å². The van der Waals surface area contributed by atoms with Gasteiger partial charge in [-0.25, -0.2) is 4.98 Å². The van der Waals surface area contributed by atoms with E-state index >= 15 is 0 Å². The van der Waals surface area contributed by atoms with E-state index in [4.69, 9.17) is 5.73 Å². The summed E-state index contributed by atoms with van der Waals surface area (Å²) in [6, 6.07) is 2.14. The van der Waals surface area contributed by atoms with Crippen molar-refractivity contribution in [3.05, 3.63) is 28.3 Å². The Bertz CT molecular complexity index is 648. The minimum atomic E-state index is 0.0525. The molecular weight excluding hydrogens is 284 g/mol. The van der Waals surface area contributed by atoms with E-state index in [9.17, 15) is 4.79 Å². The van der Waals surface area contributed by atoms with E-state index in [2.05, 4.69) is 16.9 Å². The molecule has 2 aromatic heterocycles. The summed E-state index contributed by atoms with van der Waals surface area (Å²) in [4.78, 5) is 22.1. The van der Waals surface area contributed by atoms with Crippen molar-refractivity contribution in [3.63, 3.8) is 0 Å². The van der Waals surface area contributed by atoms with Crippen LogP contribution in [0, 0.1) is 12.8 Å². The molecule has 0 aliphatic carbocycles. The van der Waals surface area contributed by atoms with Crippen LogP contribution < -0.4 is 5.73 Å². The zero-order valence-corrected chi connectivity index (χ0v) is 13.1. The zero-order valence-electron chi connectivity index (χ0n) is 12.3. The van der Waals surface area contributed by atoms with Gasteiger partial charge in [0.05, 0.1) is 10.7 Å². The summed E-state index contributed by atoms with van der Waals surface area (Å²) < 4.78 is 0. The SMILES string of the molecule is Cc1nc(-c2c[nH]c(C(=O)N3CC(CN)CC3C)c2)cs1. The fourth-order valence-corrected chi connectivity index (χ4v) is 3.53. The number of thiazole rings is 1. The second kappa shape index (κ2) is 5.61. The quantitative estimate of drug-likeness (QED) is 0.913. The summed E-state index contributed by atoms with van der Waals surface area (Å²) in [5.74, 6) is 0.469. The third-order valence-corrected chi connectivity index (χ3v) is 4.86. The van der Waals surface area contributed by atoms with Gasteiger partial charge in [0.25, 0.3) is 5.91 Å². The monoisotopic (exact) mass is 304 g/mol. The van der Waals surface area contributed by atoms with Crippen molar-refractivity contribution in [2.45, 2.75) is 26.3 Å². The fourth-order valence-electron chi connectivity index (χ4n) is 2.91. The van der Waals surface area contributed by atoms with Crippen LogP contribution in [0.5, 0.6) is 0 Å². The van der Waals surface area contributed by atoms with Gasteiger partial charge < -0.3 is 15.6 Å². The number of H-pyrrole nitrogens is 1. The molecule has 1 aliphatic heterocycles. The fraction of sp³-hybridized carbons (Fsp3) is 0.467. The predicted molar refractivity (Wildman–Crippen MR) is 84.3 cm³/mol. The first kappa shape index (κ1) is 14.3. The molecule has 2 aromatic rings. The van der Waals surface area contributed by atoms with Gasteiger partial charge in [0.15, 0.2) is 0 Å². The number of aromatic nitrogens is 2. The molecule has 0 radical (unpaired) electrons. The molecule has 2 unspecified atom stereocenters. The van der Waals surface area contributed by atoms with Crippen molar-refractivity contribution in [3.8, 4) is 11.3 Å². The topological polar surface area (TPSA) is 75.0 Å². The number of hydrogen-bond donors (Lipinski definition) is 2. The van der Waals surface area contributed by atoms with Gasteiger partial charge in [-0.2, -0.15) is 0 Å². The van der Waals surface area contributed by atoms with E-state index in [1.807, 2.05) is 29.5 Å². The first-order chi connectivity index (χ1) is 10.1. The third kappa shape index (κ3) is 2.73. The summed E-state index contributed by atoms with van der Waals surface area (Å²) >= 11 is 1.61. The Hall–Kier alpha value is -1.66. The standard InChI is InChI=1S/C15H20N4OS/c1-9-3-11(5-16)7-19(9)15(20)13-4-12(6-17-13)14-8-21-10(2)18-14/h4,6,8-9,11,17H,3,5,7,16H2,1-2H3. The minimum Gasteiger partial charge on any atom is -0.357 e. The Kier molecular flexibility index (Phi) is 3.82. The van der Waals surface area contributed by atoms with E-state index < -0.39 is 0 Å². The van der Waals surface area contributed by atoms with Gasteiger partial charge in [-0.05, 0) is 38.8 Å². The summed E-state index contributed by atoms with van der Waals surface area (Å²) in [5.41, 5.74) is 8.23. The number of carbonyl (C=O) groups excluding carboxylic acids is 1. The van der Waals surface area contributed by atoms with Gasteiger partial charge in [0.2, 0.25) is 0 Å². The molecule has 1 aliphatic rings. The second-order valence-electron chi connectivity index (χ2n) is 5.70. The summed E-state index contributed by atoms with van der Waals surface area (Å²) in [6.45, 7) is 5.45. The highest BCUT2D eigenvalue weighted by Crippen LogP contribution is 2.26. The van der Waals surface area contributed by atoms with E-state index in [0.29, 0.717) is 18.2 Å². The lowest BCUT2D eigenvalue weighted by molar-refractivity contribution is 0.0738. The molecule has 0 aromatic carbocycles. The van der Waals surface area contributed by atoms with Gasteiger partial charge in [-0.3, -0.25) is 4.79 Å². The van der Waals surface area contributed by atoms with Crippen molar-refractivity contribution >= 4 is 17.2 Å². The molecular formula is C15H20N4OS. The number of aryl methyl sites for hydroxylation is 1. The molecule has 2 atom stereocenters. The summed E-state index contributed by atoms with van der Waals surface area (Å²) in [6.07, 6.45) is 2.84. The van der Waals surface area contributed by atoms with Crippen LogP contribution in [0.25, 0.3) is 11.3 Å². The smallest absolute Gasteiger partial charge is 0.270 e. The highest BCUT2D eigenvalue weighted by Gasteiger charge is 2.32. The minimum absolute atomic E-state index is 0.0525. The van der Waals surface area contributed by atoms with Crippen LogP contribution in [-0.2, 0) is 0 Å². The molecule has 0 spiro atoms. The third-order valence-electron chi connectivity index (χ3n) is 4.08. The van der Waals surface area contributed by atoms with E-state index in [1.54, 1.807) is 11.3 Å². The number of aromatic amines is 1. The molecule has 6 heteroatoms. The molecule has 3 N–H and O–H groups in total. The normalized spacial score (nSPS) is 22.0. The average Bonchev–Trinajstić information content (AvgIpc) is 3.16. The highest BCUT2D eigenvalue weighted by atomic mass is 32.1. The first-order valence-electron chi connectivity index (χ1n) is 7.20. The van der Waals surface area contributed by atoms with Crippen LogP contribution in [0.4, 0.5) is 0 Å². The highest BCUT2D eigenvalue weighted by molar-refractivity contribution is 7.09. The molecule has 3 rings (SSSR count). The Morgan fingerprint density at radius 2 is 2.43 bits per heavy atom. The van der Waals surface area contributed by atoms with Crippen LogP contribution in [0.15, 0.2) is 17.6 Å². The molecule has 1 saturated heterocycles. The van der Waals surface area contributed by atoms with Gasteiger partial charge in [0.1, 0.15) is 5.69 Å². The lowest BCUT2D eigenvalue weighted by Crippen LogP contribution is -2.34. The van der Waals surface area contributed by atoms with Crippen molar-refractivity contribution in [2.24, 2.45) is 11.7 Å². The van der Waals surface area contributed by atoms with Gasteiger partial charge in [-0.1, -0.05) is 0 Å². The Morgan fingerprint density at radius 3 is 3.05 bits per heavy atom. The van der Waals surface area contributed by atoms with Crippen molar-refractivity contribution in [1.29, 1.82) is 0 Å². The molecule has 3 heterocycles. The number of amides is 1. The Morgan fingerprint density at radius 1 is 1.62 bits per heavy atom. The summed E-state index contributed by atoms with van der Waals surface area (Å²) in [5, 5.41) is 3.04. The van der Waals surface area contributed by atoms with Crippen molar-refractivity contribution in [2.75, 3.05) is 13.1 Å². The Balaban J connectivity index is 1.78. The van der Waals surface area contributed by atoms with Crippen LogP contribution in [0.2, 0.25) is 0 Å². The maximum absolute atomic E-state index is 12.6. The molecule has 5 nitrogen and oxygen atoms in total. The lowest BCUT2D eigenvalue weighted by Gasteiger charge is -2.20. The maximum atomic E-state index is 12.6. The van der Waals surface area contributed by atoms with E-state index in [-0.39, 0.29) is 11.9 Å². The maximum Gasteiger partial charge on any atom is 0.270 e. The number of carbonyl (C=O) groups is 1. The van der Waals surface area contributed by atoms with Crippen LogP contribution in [0.3, 0.4) is 0 Å². The number of hydrogen-bond acceptors (Lipinski definition) is 4. The van der Waals surface area contributed by atoms with Gasteiger partial charge >= 0.3 is 0 Å². The number of rotatable bonds is 3. The lowest BCUT2D eigenvalue weighted by atomic mass is 10.1. The van der Waals surface area contributed by atoms with Crippen molar-refractivity contribution in [1.82, 2.24) is 14.9 Å². The largest absolute Gasteiger partial charge is 0.357 e. The molecule has 21 heavy (non-hydrogen) atoms. The van der Waals surface area contributed by atoms with Crippen molar-refractivity contribution < 1.29 is 4.79 Å². The first-order valence-corrected chi connectivity index (χ1v) is 8.08. The zero-order chi connectivity index (χ0) is 15.0. The molecule has 0 saturated carbocycles. The molecule has 0 bridgehead atoms. The second-order valence-corrected chi connectivity index (χ2v) is 6.76. The van der Waals surface area contributed by atoms with Crippen LogP contribution in [0.1, 0.15) is 28.8 Å². The number of likely N-dealkylation sites (tertiary alicyclic amines) is 1. The predicted octanol–water partition coefficient (Wildman–Crippen LogP) is 2.26. The van der Waals surface area contributed by atoms with E-state index in [0.717, 1.165) is 29.2 Å². The molecule has 112 valence electrons. The van der Waals surface area contributed by atoms with Gasteiger partial charge in [0, 0.05) is 29.7 Å². The number of nitrogens with one attached hydrogen (secondary N) is 1. The van der Waals surface area contributed by atoms with E-state index in [1.165, 1.54) is 0 Å². The molecule has 1 fully saturated rings. The number of nitrogens with zero attached hydrogens (tertiary/aromatic N) is 2. The van der Waals surface area contributed by atoms with Gasteiger partial charge in [-0.15, -0.1) is 11.3 Å². The number of nitrogens with two attached hydrogens (primary N) is 1. The molecule has 1 amide bonds.